The zero-order chi connectivity index (χ0) is 10.7. The van der Waals surface area contributed by atoms with Crippen molar-refractivity contribution in [1.82, 2.24) is 4.90 Å². The van der Waals surface area contributed by atoms with E-state index in [0.29, 0.717) is 0 Å². The summed E-state index contributed by atoms with van der Waals surface area (Å²) in [4.78, 5) is 7.79. The third-order valence-corrected chi connectivity index (χ3v) is 3.07. The van der Waals surface area contributed by atoms with Crippen molar-refractivity contribution in [2.24, 2.45) is 4.99 Å². The van der Waals surface area contributed by atoms with Crippen molar-refractivity contribution in [2.75, 3.05) is 14.1 Å². The smallest absolute Gasteiger partial charge is 0.0966 e. The molecule has 1 heterocycles. The summed E-state index contributed by atoms with van der Waals surface area (Å²) >= 11 is 1.76. The molecule has 0 N–H and O–H groups in total. The standard InChI is InChI=1S/C12H14N2S/c1-14(2)9-13-11-7-8-15-12-6-4-3-5-10(11)12/h3-9,11H,1-2H3. The highest BCUT2D eigenvalue weighted by atomic mass is 32.2. The Bertz CT molecular complexity index is 396. The average molecular weight is 218 g/mol. The fourth-order valence-electron chi connectivity index (χ4n) is 1.46. The zero-order valence-corrected chi connectivity index (χ0v) is 9.74. The minimum atomic E-state index is 0.171. The number of rotatable bonds is 2. The lowest BCUT2D eigenvalue weighted by molar-refractivity contribution is 0.634. The molecule has 2 rings (SSSR count). The van der Waals surface area contributed by atoms with Crippen molar-refractivity contribution in [2.45, 2.75) is 10.9 Å². The van der Waals surface area contributed by atoms with Crippen LogP contribution in [0.4, 0.5) is 0 Å². The van der Waals surface area contributed by atoms with Crippen molar-refractivity contribution in [3.63, 3.8) is 0 Å². The Morgan fingerprint density at radius 1 is 1.33 bits per heavy atom. The number of hydrogen-bond acceptors (Lipinski definition) is 2. The lowest BCUT2D eigenvalue weighted by atomic mass is 10.1. The predicted octanol–water partition coefficient (Wildman–Crippen LogP) is 2.94. The lowest BCUT2D eigenvalue weighted by Gasteiger charge is -2.17. The van der Waals surface area contributed by atoms with Crippen molar-refractivity contribution < 1.29 is 0 Å². The van der Waals surface area contributed by atoms with E-state index in [-0.39, 0.29) is 6.04 Å². The van der Waals surface area contributed by atoms with E-state index in [1.54, 1.807) is 11.8 Å². The van der Waals surface area contributed by atoms with Gasteiger partial charge in [-0.15, -0.1) is 0 Å². The summed E-state index contributed by atoms with van der Waals surface area (Å²) in [6, 6.07) is 8.59. The Hall–Kier alpha value is -1.22. The number of thioether (sulfide) groups is 1. The predicted molar refractivity (Wildman–Crippen MR) is 66.4 cm³/mol. The number of benzene rings is 1. The summed E-state index contributed by atoms with van der Waals surface area (Å²) in [6.07, 6.45) is 3.99. The van der Waals surface area contributed by atoms with Gasteiger partial charge in [0.15, 0.2) is 0 Å². The van der Waals surface area contributed by atoms with Gasteiger partial charge in [0.1, 0.15) is 0 Å². The van der Waals surface area contributed by atoms with Crippen molar-refractivity contribution in [3.05, 3.63) is 41.3 Å². The second-order valence-electron chi connectivity index (χ2n) is 3.66. The van der Waals surface area contributed by atoms with Crippen molar-refractivity contribution in [1.29, 1.82) is 0 Å². The maximum absolute atomic E-state index is 4.52. The van der Waals surface area contributed by atoms with Crippen molar-refractivity contribution >= 4 is 18.1 Å². The summed E-state index contributed by atoms with van der Waals surface area (Å²) in [5.74, 6) is 0. The largest absolute Gasteiger partial charge is 0.369 e. The molecule has 1 aliphatic heterocycles. The van der Waals surface area contributed by atoms with Gasteiger partial charge < -0.3 is 4.90 Å². The van der Waals surface area contributed by atoms with E-state index in [9.17, 15) is 0 Å². The Labute approximate surface area is 94.7 Å². The van der Waals surface area contributed by atoms with Crippen LogP contribution in [0.2, 0.25) is 0 Å². The van der Waals surface area contributed by atoms with Crippen LogP contribution in [-0.2, 0) is 0 Å². The summed E-state index contributed by atoms with van der Waals surface area (Å²) in [7, 11) is 3.97. The zero-order valence-electron chi connectivity index (χ0n) is 8.92. The number of aliphatic imine (C=N–C) groups is 1. The minimum Gasteiger partial charge on any atom is -0.369 e. The second kappa shape index (κ2) is 4.53. The van der Waals surface area contributed by atoms with Crippen LogP contribution in [0.1, 0.15) is 11.6 Å². The maximum atomic E-state index is 4.52. The third kappa shape index (κ3) is 2.42. The molecule has 1 unspecified atom stereocenters. The molecule has 0 bridgehead atoms. The van der Waals surface area contributed by atoms with E-state index in [1.807, 2.05) is 25.3 Å². The van der Waals surface area contributed by atoms with Crippen LogP contribution in [0, 0.1) is 0 Å². The Morgan fingerprint density at radius 3 is 2.93 bits per heavy atom. The second-order valence-corrected chi connectivity index (χ2v) is 4.60. The molecule has 0 amide bonds. The minimum absolute atomic E-state index is 0.171. The highest BCUT2D eigenvalue weighted by molar-refractivity contribution is 8.02. The molecule has 0 aromatic heterocycles. The molecule has 2 nitrogen and oxygen atoms in total. The van der Waals surface area contributed by atoms with Crippen LogP contribution in [-0.4, -0.2) is 25.3 Å². The van der Waals surface area contributed by atoms with E-state index in [4.69, 9.17) is 0 Å². The van der Waals surface area contributed by atoms with E-state index in [2.05, 4.69) is 40.7 Å². The molecule has 78 valence electrons. The third-order valence-electron chi connectivity index (χ3n) is 2.15. The maximum Gasteiger partial charge on any atom is 0.0966 e. The molecule has 1 aliphatic rings. The average Bonchev–Trinajstić information content (AvgIpc) is 2.26. The number of fused-ring (bicyclic) bond motifs is 1. The molecule has 0 aliphatic carbocycles. The number of hydrogen-bond donors (Lipinski definition) is 0. The Morgan fingerprint density at radius 2 is 2.13 bits per heavy atom. The van der Waals surface area contributed by atoms with Crippen molar-refractivity contribution in [3.8, 4) is 0 Å². The van der Waals surface area contributed by atoms with Crippen LogP contribution in [0.3, 0.4) is 0 Å². The first kappa shape index (κ1) is 10.3. The van der Waals surface area contributed by atoms with E-state index < -0.39 is 0 Å². The molecule has 15 heavy (non-hydrogen) atoms. The fraction of sp³-hybridized carbons (Fsp3) is 0.250. The van der Waals surface area contributed by atoms with Crippen LogP contribution >= 0.6 is 11.8 Å². The first-order valence-electron chi connectivity index (χ1n) is 4.89. The highest BCUT2D eigenvalue weighted by Crippen LogP contribution is 2.35. The van der Waals surface area contributed by atoms with Gasteiger partial charge in [-0.1, -0.05) is 30.0 Å². The first-order valence-corrected chi connectivity index (χ1v) is 5.77. The summed E-state index contributed by atoms with van der Waals surface area (Å²) in [5, 5.41) is 2.11. The van der Waals surface area contributed by atoms with Gasteiger partial charge >= 0.3 is 0 Å². The van der Waals surface area contributed by atoms with Gasteiger partial charge in [-0.05, 0) is 23.1 Å². The van der Waals surface area contributed by atoms with Crippen LogP contribution in [0.15, 0.2) is 45.6 Å². The molecule has 0 spiro atoms. The van der Waals surface area contributed by atoms with Crippen LogP contribution < -0.4 is 0 Å². The van der Waals surface area contributed by atoms with Gasteiger partial charge in [0.25, 0.3) is 0 Å². The first-order chi connectivity index (χ1) is 7.27. The van der Waals surface area contributed by atoms with Gasteiger partial charge in [0, 0.05) is 19.0 Å². The molecular formula is C12H14N2S. The summed E-state index contributed by atoms with van der Waals surface area (Å²) < 4.78 is 0. The fourth-order valence-corrected chi connectivity index (χ4v) is 2.31. The molecule has 0 radical (unpaired) electrons. The SMILES string of the molecule is CN(C)C=NC1C=CSc2ccccc21. The van der Waals surface area contributed by atoms with E-state index in [0.717, 1.165) is 0 Å². The molecule has 1 aromatic carbocycles. The van der Waals surface area contributed by atoms with E-state index >= 15 is 0 Å². The topological polar surface area (TPSA) is 15.6 Å². The molecule has 1 atom stereocenters. The van der Waals surface area contributed by atoms with Gasteiger partial charge in [-0.2, -0.15) is 0 Å². The molecule has 0 saturated heterocycles. The van der Waals surface area contributed by atoms with Gasteiger partial charge in [0.2, 0.25) is 0 Å². The van der Waals surface area contributed by atoms with Gasteiger partial charge in [-0.25, -0.2) is 0 Å². The van der Waals surface area contributed by atoms with Gasteiger partial charge in [0.05, 0.1) is 12.4 Å². The van der Waals surface area contributed by atoms with Crippen LogP contribution in [0.5, 0.6) is 0 Å². The normalized spacial score (nSPS) is 19.2. The van der Waals surface area contributed by atoms with Crippen LogP contribution in [0.25, 0.3) is 0 Å². The number of nitrogens with zero attached hydrogens (tertiary/aromatic N) is 2. The monoisotopic (exact) mass is 218 g/mol. The molecule has 0 saturated carbocycles. The van der Waals surface area contributed by atoms with E-state index in [1.165, 1.54) is 10.5 Å². The highest BCUT2D eigenvalue weighted by Gasteiger charge is 2.13. The summed E-state index contributed by atoms with van der Waals surface area (Å²) in [6.45, 7) is 0. The quantitative estimate of drug-likeness (QED) is 0.560. The Balaban J connectivity index is 2.26. The molecule has 3 heteroatoms. The molecular weight excluding hydrogens is 204 g/mol. The molecule has 0 fully saturated rings. The summed E-state index contributed by atoms with van der Waals surface area (Å²) in [5.41, 5.74) is 1.29. The molecule has 1 aromatic rings. The van der Waals surface area contributed by atoms with Gasteiger partial charge in [-0.3, -0.25) is 4.99 Å². The Kier molecular flexibility index (Phi) is 3.11. The lowest BCUT2D eigenvalue weighted by Crippen LogP contribution is -2.09.